The molecule has 6 nitrogen and oxygen atoms in total. The number of aryl methyl sites for hydroxylation is 1. The Balaban J connectivity index is 1.05. The molecule has 3 atom stereocenters. The van der Waals surface area contributed by atoms with Gasteiger partial charge in [-0.25, -0.2) is 0 Å². The molecule has 1 N–H and O–H groups in total. The first-order valence-corrected chi connectivity index (χ1v) is 14.0. The van der Waals surface area contributed by atoms with Gasteiger partial charge in [0.25, 0.3) is 5.91 Å². The second-order valence-electron chi connectivity index (χ2n) is 11.4. The summed E-state index contributed by atoms with van der Waals surface area (Å²) in [6, 6.07) is 20.7. The summed E-state index contributed by atoms with van der Waals surface area (Å²) in [6.45, 7) is 4.70. The minimum absolute atomic E-state index is 0.0549. The predicted molar refractivity (Wildman–Crippen MR) is 146 cm³/mol. The van der Waals surface area contributed by atoms with E-state index >= 15 is 0 Å². The van der Waals surface area contributed by atoms with E-state index in [9.17, 15) is 9.59 Å². The van der Waals surface area contributed by atoms with Crippen LogP contribution in [0.4, 0.5) is 0 Å². The maximum atomic E-state index is 13.4. The van der Waals surface area contributed by atoms with Crippen LogP contribution in [0.25, 0.3) is 10.9 Å². The van der Waals surface area contributed by atoms with Crippen molar-refractivity contribution in [1.29, 1.82) is 0 Å². The highest BCUT2D eigenvalue weighted by Gasteiger charge is 2.42. The lowest BCUT2D eigenvalue weighted by Crippen LogP contribution is -2.37. The van der Waals surface area contributed by atoms with Crippen molar-refractivity contribution >= 4 is 22.7 Å². The van der Waals surface area contributed by atoms with Gasteiger partial charge in [0.15, 0.2) is 0 Å². The number of fused-ring (bicyclic) bond motifs is 2. The molecule has 2 unspecified atom stereocenters. The number of benzene rings is 2. The summed E-state index contributed by atoms with van der Waals surface area (Å²) >= 11 is 0. The van der Waals surface area contributed by atoms with Crippen LogP contribution in [0.2, 0.25) is 0 Å². The molecule has 0 bridgehead atoms. The Bertz CT molecular complexity index is 1250. The molecular formula is C31H38N4O2. The SMILES string of the molecule is Cn1c(C(=O)N2CC3CN(CC[C@H](NC(=O)C4CCCC4)c4ccccc4)CC3C2)cc2ccccc21. The minimum atomic E-state index is 0.0549. The molecule has 0 spiro atoms. The topological polar surface area (TPSA) is 57.6 Å². The summed E-state index contributed by atoms with van der Waals surface area (Å²) in [5.41, 5.74) is 3.08. The number of rotatable bonds is 7. The van der Waals surface area contributed by atoms with Gasteiger partial charge in [-0.15, -0.1) is 0 Å². The Labute approximate surface area is 219 Å². The van der Waals surface area contributed by atoms with E-state index in [1.54, 1.807) is 0 Å². The molecule has 2 aliphatic heterocycles. The largest absolute Gasteiger partial charge is 0.349 e. The maximum absolute atomic E-state index is 13.4. The zero-order chi connectivity index (χ0) is 25.4. The average molecular weight is 499 g/mol. The van der Waals surface area contributed by atoms with Crippen LogP contribution in [-0.2, 0) is 11.8 Å². The molecule has 2 aromatic carbocycles. The van der Waals surface area contributed by atoms with Crippen molar-refractivity contribution < 1.29 is 9.59 Å². The van der Waals surface area contributed by atoms with Crippen LogP contribution in [-0.4, -0.2) is 58.9 Å². The molecule has 2 amide bonds. The fourth-order valence-corrected chi connectivity index (χ4v) is 6.89. The predicted octanol–water partition coefficient (Wildman–Crippen LogP) is 4.62. The molecule has 3 heterocycles. The maximum Gasteiger partial charge on any atom is 0.270 e. The first-order chi connectivity index (χ1) is 18.1. The Hall–Kier alpha value is -3.12. The molecule has 2 saturated heterocycles. The van der Waals surface area contributed by atoms with Crippen LogP contribution < -0.4 is 5.32 Å². The number of amides is 2. The van der Waals surface area contributed by atoms with Gasteiger partial charge >= 0.3 is 0 Å². The molecule has 1 aromatic heterocycles. The van der Waals surface area contributed by atoms with E-state index in [0.717, 1.165) is 68.6 Å². The molecule has 3 aromatic rings. The molecule has 194 valence electrons. The Morgan fingerprint density at radius 1 is 0.919 bits per heavy atom. The lowest BCUT2D eigenvalue weighted by molar-refractivity contribution is -0.125. The monoisotopic (exact) mass is 498 g/mol. The van der Waals surface area contributed by atoms with E-state index < -0.39 is 0 Å². The van der Waals surface area contributed by atoms with E-state index in [-0.39, 0.29) is 23.8 Å². The zero-order valence-electron chi connectivity index (χ0n) is 21.8. The van der Waals surface area contributed by atoms with Gasteiger partial charge in [-0.3, -0.25) is 9.59 Å². The smallest absolute Gasteiger partial charge is 0.270 e. The highest BCUT2D eigenvalue weighted by atomic mass is 16.2. The van der Waals surface area contributed by atoms with Gasteiger partial charge in [-0.1, -0.05) is 61.4 Å². The highest BCUT2D eigenvalue weighted by molar-refractivity contribution is 5.98. The van der Waals surface area contributed by atoms with Crippen molar-refractivity contribution in [3.8, 4) is 0 Å². The van der Waals surface area contributed by atoms with Gasteiger partial charge in [0.2, 0.25) is 5.91 Å². The molecule has 1 saturated carbocycles. The van der Waals surface area contributed by atoms with Gasteiger partial charge in [0, 0.05) is 56.6 Å². The first kappa shape index (κ1) is 24.2. The van der Waals surface area contributed by atoms with Crippen molar-refractivity contribution in [3.05, 3.63) is 71.9 Å². The van der Waals surface area contributed by atoms with Crippen molar-refractivity contribution in [2.45, 2.75) is 38.1 Å². The van der Waals surface area contributed by atoms with Crippen LogP contribution in [0.15, 0.2) is 60.7 Å². The summed E-state index contributed by atoms with van der Waals surface area (Å²) < 4.78 is 2.03. The molecule has 3 aliphatic rings. The van der Waals surface area contributed by atoms with Gasteiger partial charge in [0.05, 0.1) is 6.04 Å². The summed E-state index contributed by atoms with van der Waals surface area (Å²) in [5, 5.41) is 4.50. The third kappa shape index (κ3) is 4.91. The standard InChI is InChI=1S/C31H38N4O2/c1-33-28-14-8-7-13-24(28)17-29(33)31(37)35-20-25-18-34(19-26(25)21-35)16-15-27(22-9-3-2-4-10-22)32-30(36)23-11-5-6-12-23/h2-4,7-10,13-14,17,23,25-27H,5-6,11-12,15-16,18-21H2,1H3,(H,32,36)/t25?,26?,27-/m0/s1. The van der Waals surface area contributed by atoms with E-state index in [2.05, 4.69) is 51.5 Å². The fraction of sp³-hybridized carbons (Fsp3) is 0.484. The number of hydrogen-bond donors (Lipinski definition) is 1. The molecule has 6 rings (SSSR count). The van der Waals surface area contributed by atoms with E-state index in [1.807, 2.05) is 35.9 Å². The number of nitrogens with one attached hydrogen (secondary N) is 1. The number of para-hydroxylation sites is 1. The number of carbonyl (C=O) groups excluding carboxylic acids is 2. The van der Waals surface area contributed by atoms with E-state index in [4.69, 9.17) is 0 Å². The molecular weight excluding hydrogens is 460 g/mol. The minimum Gasteiger partial charge on any atom is -0.349 e. The van der Waals surface area contributed by atoms with Crippen LogP contribution >= 0.6 is 0 Å². The van der Waals surface area contributed by atoms with Crippen molar-refractivity contribution in [3.63, 3.8) is 0 Å². The molecule has 37 heavy (non-hydrogen) atoms. The van der Waals surface area contributed by atoms with Gasteiger partial charge in [0.1, 0.15) is 5.69 Å². The number of likely N-dealkylation sites (tertiary alicyclic amines) is 2. The zero-order valence-corrected chi connectivity index (χ0v) is 21.8. The quantitative estimate of drug-likeness (QED) is 0.517. The normalized spacial score (nSPS) is 23.0. The molecule has 1 aliphatic carbocycles. The second kappa shape index (κ2) is 10.3. The molecule has 6 heteroatoms. The van der Waals surface area contributed by atoms with Crippen LogP contribution in [0.5, 0.6) is 0 Å². The number of carbonyl (C=O) groups is 2. The Kier molecular flexibility index (Phi) is 6.76. The third-order valence-corrected chi connectivity index (χ3v) is 9.00. The van der Waals surface area contributed by atoms with Gasteiger partial charge in [-0.2, -0.15) is 0 Å². The van der Waals surface area contributed by atoms with Gasteiger partial charge in [-0.05, 0) is 48.8 Å². The lowest BCUT2D eigenvalue weighted by atomic mass is 10.0. The van der Waals surface area contributed by atoms with Crippen molar-refractivity contribution in [2.75, 3.05) is 32.7 Å². The Morgan fingerprint density at radius 3 is 2.30 bits per heavy atom. The molecule has 3 fully saturated rings. The highest BCUT2D eigenvalue weighted by Crippen LogP contribution is 2.33. The van der Waals surface area contributed by atoms with Gasteiger partial charge < -0.3 is 19.7 Å². The number of nitrogens with zero attached hydrogens (tertiary/aromatic N) is 3. The van der Waals surface area contributed by atoms with Crippen molar-refractivity contribution in [2.24, 2.45) is 24.8 Å². The second-order valence-corrected chi connectivity index (χ2v) is 11.4. The van der Waals surface area contributed by atoms with Crippen LogP contribution in [0.3, 0.4) is 0 Å². The summed E-state index contributed by atoms with van der Waals surface area (Å²) in [6.07, 6.45) is 5.31. The lowest BCUT2D eigenvalue weighted by Gasteiger charge is -2.25. The van der Waals surface area contributed by atoms with Crippen LogP contribution in [0, 0.1) is 17.8 Å². The molecule has 0 radical (unpaired) electrons. The average Bonchev–Trinajstić information content (AvgIpc) is 3.71. The van der Waals surface area contributed by atoms with E-state index in [1.165, 1.54) is 18.4 Å². The third-order valence-electron chi connectivity index (χ3n) is 9.00. The fourth-order valence-electron chi connectivity index (χ4n) is 6.89. The first-order valence-electron chi connectivity index (χ1n) is 14.0. The number of hydrogen-bond acceptors (Lipinski definition) is 3. The van der Waals surface area contributed by atoms with E-state index in [0.29, 0.717) is 11.8 Å². The number of aromatic nitrogens is 1. The van der Waals surface area contributed by atoms with Crippen molar-refractivity contribution in [1.82, 2.24) is 19.7 Å². The van der Waals surface area contributed by atoms with Crippen LogP contribution in [0.1, 0.15) is 54.2 Å². The summed E-state index contributed by atoms with van der Waals surface area (Å²) in [4.78, 5) is 30.9. The summed E-state index contributed by atoms with van der Waals surface area (Å²) in [5.74, 6) is 1.62. The Morgan fingerprint density at radius 2 is 1.59 bits per heavy atom. The summed E-state index contributed by atoms with van der Waals surface area (Å²) in [7, 11) is 1.99.